The van der Waals surface area contributed by atoms with Gasteiger partial charge in [-0.25, -0.2) is 14.4 Å². The van der Waals surface area contributed by atoms with Crippen molar-refractivity contribution in [2.24, 2.45) is 22.2 Å². The van der Waals surface area contributed by atoms with Gasteiger partial charge in [0, 0.05) is 49.5 Å². The second-order valence-electron chi connectivity index (χ2n) is 15.4. The molecule has 2 spiro atoms. The largest absolute Gasteiger partial charge is 0.451 e. The molecule has 1 aromatic carbocycles. The van der Waals surface area contributed by atoms with Crippen LogP contribution in [0, 0.1) is 28.0 Å². The molecule has 4 aliphatic rings. The number of hydrogen-bond donors (Lipinski definition) is 0. The van der Waals surface area contributed by atoms with Gasteiger partial charge in [0.05, 0.1) is 11.8 Å². The second-order valence-corrected chi connectivity index (χ2v) is 15.4. The van der Waals surface area contributed by atoms with Gasteiger partial charge in [-0.3, -0.25) is 9.59 Å². The van der Waals surface area contributed by atoms with E-state index in [0.717, 1.165) is 44.9 Å². The van der Waals surface area contributed by atoms with Crippen LogP contribution in [0.2, 0.25) is 0 Å². The molecule has 2 aliphatic carbocycles. The van der Waals surface area contributed by atoms with Gasteiger partial charge in [-0.1, -0.05) is 13.8 Å². The van der Waals surface area contributed by atoms with Gasteiger partial charge in [-0.15, -0.1) is 0 Å². The number of hydrogen-bond acceptors (Lipinski definition) is 7. The lowest BCUT2D eigenvalue weighted by molar-refractivity contribution is -0.124. The zero-order valence-electron chi connectivity index (χ0n) is 27.8. The molecule has 0 bridgehead atoms. The van der Waals surface area contributed by atoms with Crippen molar-refractivity contribution >= 4 is 17.5 Å². The Kier molecular flexibility index (Phi) is 8.70. The Labute approximate surface area is 267 Å². The van der Waals surface area contributed by atoms with E-state index in [2.05, 4.69) is 33.6 Å². The minimum absolute atomic E-state index is 0.0239. The zero-order chi connectivity index (χ0) is 32.0. The Hall–Kier alpha value is -3.07. The Morgan fingerprint density at radius 1 is 1.09 bits per heavy atom. The number of Topliss-reactive ketones (excluding diaryl/α,β-unsaturated/α-hetero) is 1. The van der Waals surface area contributed by atoms with Crippen molar-refractivity contribution in [1.29, 1.82) is 0 Å². The summed E-state index contributed by atoms with van der Waals surface area (Å²) >= 11 is 0. The third-order valence-corrected chi connectivity index (χ3v) is 11.3. The molecular formula is C36H50FN5O3. The Balaban J connectivity index is 1.04. The van der Waals surface area contributed by atoms with E-state index in [1.54, 1.807) is 11.1 Å². The Morgan fingerprint density at radius 3 is 2.42 bits per heavy atom. The number of benzene rings is 1. The molecule has 0 atom stereocenters. The second kappa shape index (κ2) is 12.3. The molecule has 1 amide bonds. The number of ether oxygens (including phenoxy) is 1. The highest BCUT2D eigenvalue weighted by molar-refractivity contribution is 5.97. The van der Waals surface area contributed by atoms with Crippen LogP contribution >= 0.6 is 0 Å². The summed E-state index contributed by atoms with van der Waals surface area (Å²) in [4.78, 5) is 41.2. The Bertz CT molecular complexity index is 1400. The third kappa shape index (κ3) is 6.47. The van der Waals surface area contributed by atoms with Crippen molar-refractivity contribution in [2.45, 2.75) is 92.0 Å². The predicted molar refractivity (Wildman–Crippen MR) is 173 cm³/mol. The van der Waals surface area contributed by atoms with Crippen LogP contribution < -0.4 is 9.64 Å². The smallest absolute Gasteiger partial charge is 0.257 e. The number of amides is 1. The minimum atomic E-state index is -0.479. The van der Waals surface area contributed by atoms with Gasteiger partial charge in [0.15, 0.2) is 11.6 Å². The van der Waals surface area contributed by atoms with Crippen molar-refractivity contribution in [1.82, 2.24) is 19.8 Å². The van der Waals surface area contributed by atoms with Gasteiger partial charge in [-0.2, -0.15) is 0 Å². The molecule has 9 heteroatoms. The first-order chi connectivity index (χ1) is 21.4. The maximum absolute atomic E-state index is 14.3. The molecule has 8 nitrogen and oxygen atoms in total. The fraction of sp³-hybridized carbons (Fsp3) is 0.667. The van der Waals surface area contributed by atoms with Crippen LogP contribution in [-0.4, -0.2) is 76.8 Å². The van der Waals surface area contributed by atoms with Crippen LogP contribution in [-0.2, 0) is 4.79 Å². The molecule has 3 heterocycles. The minimum Gasteiger partial charge on any atom is -0.451 e. The number of piperidine rings is 1. The van der Waals surface area contributed by atoms with Crippen LogP contribution in [0.15, 0.2) is 30.7 Å². The van der Waals surface area contributed by atoms with Crippen LogP contribution in [0.4, 0.5) is 10.2 Å². The normalized spacial score (nSPS) is 26.0. The summed E-state index contributed by atoms with van der Waals surface area (Å²) in [5.74, 6) is 1.96. The zero-order valence-corrected chi connectivity index (χ0v) is 27.8. The molecule has 0 radical (unpaired) electrons. The lowest BCUT2D eigenvalue weighted by atomic mass is 9.67. The van der Waals surface area contributed by atoms with Gasteiger partial charge < -0.3 is 19.4 Å². The van der Waals surface area contributed by atoms with Crippen molar-refractivity contribution in [3.05, 3.63) is 42.1 Å². The van der Waals surface area contributed by atoms with E-state index in [1.807, 2.05) is 20.8 Å². The molecule has 2 saturated carbocycles. The highest BCUT2D eigenvalue weighted by atomic mass is 19.1. The predicted octanol–water partition coefficient (Wildman–Crippen LogP) is 6.75. The van der Waals surface area contributed by atoms with E-state index in [0.29, 0.717) is 29.6 Å². The van der Waals surface area contributed by atoms with Crippen LogP contribution in [0.1, 0.15) is 96.3 Å². The Morgan fingerprint density at radius 2 is 1.80 bits per heavy atom. The van der Waals surface area contributed by atoms with Gasteiger partial charge in [0.2, 0.25) is 0 Å². The fourth-order valence-electron chi connectivity index (χ4n) is 8.70. The molecule has 0 N–H and O–H groups in total. The summed E-state index contributed by atoms with van der Waals surface area (Å²) in [5, 5.41) is 0. The summed E-state index contributed by atoms with van der Waals surface area (Å²) < 4.78 is 20.5. The molecule has 2 saturated heterocycles. The average molecular weight is 620 g/mol. The molecule has 45 heavy (non-hydrogen) atoms. The van der Waals surface area contributed by atoms with Crippen LogP contribution in [0.5, 0.6) is 11.5 Å². The number of carbonyl (C=O) groups is 2. The van der Waals surface area contributed by atoms with Gasteiger partial charge >= 0.3 is 0 Å². The monoisotopic (exact) mass is 619 g/mol. The molecule has 244 valence electrons. The average Bonchev–Trinajstić information content (AvgIpc) is 3.21. The summed E-state index contributed by atoms with van der Waals surface area (Å²) in [6.07, 6.45) is 12.3. The van der Waals surface area contributed by atoms with E-state index in [9.17, 15) is 14.0 Å². The molecule has 4 fully saturated rings. The van der Waals surface area contributed by atoms with E-state index in [-0.39, 0.29) is 33.8 Å². The highest BCUT2D eigenvalue weighted by Gasteiger charge is 2.50. The summed E-state index contributed by atoms with van der Waals surface area (Å²) in [5.41, 5.74) is 0.624. The number of halogens is 1. The summed E-state index contributed by atoms with van der Waals surface area (Å²) in [6.45, 7) is 15.8. The maximum Gasteiger partial charge on any atom is 0.257 e. The lowest BCUT2D eigenvalue weighted by Gasteiger charge is -2.55. The number of likely N-dealkylation sites (tertiary alicyclic amines) is 1. The first kappa shape index (κ1) is 31.9. The van der Waals surface area contributed by atoms with E-state index in [4.69, 9.17) is 4.74 Å². The maximum atomic E-state index is 14.3. The van der Waals surface area contributed by atoms with Crippen LogP contribution in [0.3, 0.4) is 0 Å². The number of rotatable bonds is 8. The molecule has 0 unspecified atom stereocenters. The van der Waals surface area contributed by atoms with Crippen molar-refractivity contribution < 1.29 is 18.7 Å². The van der Waals surface area contributed by atoms with Crippen molar-refractivity contribution in [2.75, 3.05) is 44.2 Å². The van der Waals surface area contributed by atoms with E-state index >= 15 is 0 Å². The van der Waals surface area contributed by atoms with Crippen LogP contribution in [0.25, 0.3) is 0 Å². The lowest BCUT2D eigenvalue weighted by Crippen LogP contribution is -2.61. The summed E-state index contributed by atoms with van der Waals surface area (Å²) in [6, 6.07) is 4.06. The first-order valence-electron chi connectivity index (χ1n) is 17.0. The molecule has 2 aliphatic heterocycles. The molecule has 6 rings (SSSR count). The van der Waals surface area contributed by atoms with E-state index in [1.165, 1.54) is 69.6 Å². The van der Waals surface area contributed by atoms with Crippen molar-refractivity contribution in [3.8, 4) is 11.5 Å². The number of aromatic nitrogens is 2. The third-order valence-electron chi connectivity index (χ3n) is 11.3. The van der Waals surface area contributed by atoms with Crippen molar-refractivity contribution in [3.63, 3.8) is 0 Å². The number of ketones is 1. The SMILES string of the molecule is CCN(C(=O)c1cc(F)ccc1Oc1cncnc1N1CC2(CCN(CC3CCC4(CC3)CC(=O)C(C)(C)C4)CC2)C1)C(C)C. The molecule has 1 aromatic heterocycles. The number of anilines is 1. The van der Waals surface area contributed by atoms with Gasteiger partial charge in [-0.05, 0) is 108 Å². The standard InChI is InChI=1S/C36H50FN5O3/c1-6-42(25(2)3)33(44)28-17-27(37)7-8-29(28)45-30-19-38-24-39-32(30)41-22-36(23-41)13-15-40(16-14-36)20-26-9-11-35(12-10-26)18-31(43)34(4,5)21-35/h7-8,17,19,24-26H,6,9-16,18,20-23H2,1-5H3. The number of nitrogens with zero attached hydrogens (tertiary/aromatic N) is 5. The summed E-state index contributed by atoms with van der Waals surface area (Å²) in [7, 11) is 0. The topological polar surface area (TPSA) is 78.9 Å². The highest BCUT2D eigenvalue weighted by Crippen LogP contribution is 2.55. The molecular weight excluding hydrogens is 569 g/mol. The van der Waals surface area contributed by atoms with Gasteiger partial charge in [0.25, 0.3) is 5.91 Å². The fourth-order valence-corrected chi connectivity index (χ4v) is 8.70. The quantitative estimate of drug-likeness (QED) is 0.324. The van der Waals surface area contributed by atoms with Gasteiger partial charge in [0.1, 0.15) is 23.7 Å². The van der Waals surface area contributed by atoms with E-state index < -0.39 is 5.82 Å². The first-order valence-corrected chi connectivity index (χ1v) is 17.0. The number of carbonyl (C=O) groups excluding carboxylic acids is 2. The molecule has 2 aromatic rings.